The van der Waals surface area contributed by atoms with Gasteiger partial charge in [0, 0.05) is 37.3 Å². The van der Waals surface area contributed by atoms with Crippen molar-refractivity contribution in [1.29, 1.82) is 0 Å². The van der Waals surface area contributed by atoms with Crippen LogP contribution in [0.4, 0.5) is 4.39 Å². The molecule has 0 atom stereocenters. The summed E-state index contributed by atoms with van der Waals surface area (Å²) >= 11 is 0. The first-order valence-corrected chi connectivity index (χ1v) is 10.7. The molecular formula is C26H23FN2O3. The van der Waals surface area contributed by atoms with Gasteiger partial charge in [-0.05, 0) is 52.9 Å². The van der Waals surface area contributed by atoms with Gasteiger partial charge in [-0.2, -0.15) is 5.10 Å². The zero-order valence-electron chi connectivity index (χ0n) is 17.7. The summed E-state index contributed by atoms with van der Waals surface area (Å²) in [5, 5.41) is 14.3. The van der Waals surface area contributed by atoms with E-state index in [0.29, 0.717) is 11.1 Å². The monoisotopic (exact) mass is 430 g/mol. The lowest BCUT2D eigenvalue weighted by atomic mass is 9.98. The van der Waals surface area contributed by atoms with E-state index in [-0.39, 0.29) is 24.7 Å². The SMILES string of the molecule is Cn1ncc2cc(-c3cc(CCC(=O)O)cc(F)c3OC3Cc4ccccc4C3)ccc21. The Morgan fingerprint density at radius 3 is 2.62 bits per heavy atom. The van der Waals surface area contributed by atoms with Crippen molar-refractivity contribution in [1.82, 2.24) is 9.78 Å². The summed E-state index contributed by atoms with van der Waals surface area (Å²) in [4.78, 5) is 11.0. The fourth-order valence-electron chi connectivity index (χ4n) is 4.48. The van der Waals surface area contributed by atoms with Gasteiger partial charge in [0.1, 0.15) is 6.10 Å². The second-order valence-electron chi connectivity index (χ2n) is 8.31. The minimum atomic E-state index is -0.909. The Balaban J connectivity index is 1.54. The van der Waals surface area contributed by atoms with E-state index in [4.69, 9.17) is 9.84 Å². The molecule has 1 aliphatic carbocycles. The number of carboxylic acid groups (broad SMARTS) is 1. The second-order valence-corrected chi connectivity index (χ2v) is 8.31. The molecule has 0 radical (unpaired) electrons. The summed E-state index contributed by atoms with van der Waals surface area (Å²) in [5.41, 5.74) is 5.51. The van der Waals surface area contributed by atoms with Crippen LogP contribution in [-0.2, 0) is 31.1 Å². The minimum Gasteiger partial charge on any atom is -0.486 e. The highest BCUT2D eigenvalue weighted by Gasteiger charge is 2.25. The number of hydrogen-bond donors (Lipinski definition) is 1. The van der Waals surface area contributed by atoms with E-state index < -0.39 is 11.8 Å². The van der Waals surface area contributed by atoms with Crippen molar-refractivity contribution in [2.45, 2.75) is 31.8 Å². The number of hydrogen-bond acceptors (Lipinski definition) is 3. The first kappa shape index (κ1) is 20.2. The number of carbonyl (C=O) groups is 1. The summed E-state index contributed by atoms with van der Waals surface area (Å²) in [5.74, 6) is -1.16. The van der Waals surface area contributed by atoms with Crippen LogP contribution in [0.3, 0.4) is 0 Å². The Bertz CT molecular complexity index is 1300. The largest absolute Gasteiger partial charge is 0.486 e. The maximum Gasteiger partial charge on any atom is 0.303 e. The van der Waals surface area contributed by atoms with Gasteiger partial charge >= 0.3 is 5.97 Å². The van der Waals surface area contributed by atoms with Gasteiger partial charge in [0.05, 0.1) is 11.7 Å². The number of aromatic nitrogens is 2. The van der Waals surface area contributed by atoms with Crippen LogP contribution in [0.25, 0.3) is 22.0 Å². The van der Waals surface area contributed by atoms with Crippen LogP contribution in [0.15, 0.2) is 60.8 Å². The fraction of sp³-hybridized carbons (Fsp3) is 0.231. The molecule has 1 N–H and O–H groups in total. The molecule has 3 aromatic carbocycles. The summed E-state index contributed by atoms with van der Waals surface area (Å²) in [6.45, 7) is 0. The molecular weight excluding hydrogens is 407 g/mol. The average molecular weight is 430 g/mol. The molecule has 0 aliphatic heterocycles. The van der Waals surface area contributed by atoms with E-state index in [9.17, 15) is 4.79 Å². The molecule has 0 saturated heterocycles. The van der Waals surface area contributed by atoms with Crippen LogP contribution >= 0.6 is 0 Å². The van der Waals surface area contributed by atoms with E-state index in [2.05, 4.69) is 17.2 Å². The van der Waals surface area contributed by atoms with Gasteiger partial charge in [-0.15, -0.1) is 0 Å². The molecule has 0 amide bonds. The number of aryl methyl sites for hydroxylation is 2. The number of halogens is 1. The predicted molar refractivity (Wildman–Crippen MR) is 120 cm³/mol. The Hall–Kier alpha value is -3.67. The fourth-order valence-corrected chi connectivity index (χ4v) is 4.48. The number of nitrogens with zero attached hydrogens (tertiary/aromatic N) is 2. The van der Waals surface area contributed by atoms with Crippen molar-refractivity contribution < 1.29 is 19.0 Å². The third-order valence-electron chi connectivity index (χ3n) is 6.09. The highest BCUT2D eigenvalue weighted by atomic mass is 19.1. The molecule has 5 nitrogen and oxygen atoms in total. The number of carboxylic acids is 1. The zero-order valence-corrected chi connectivity index (χ0v) is 17.7. The van der Waals surface area contributed by atoms with Gasteiger partial charge in [-0.1, -0.05) is 30.3 Å². The van der Waals surface area contributed by atoms with E-state index >= 15 is 4.39 Å². The van der Waals surface area contributed by atoms with Gasteiger partial charge in [0.25, 0.3) is 0 Å². The molecule has 0 saturated carbocycles. The Morgan fingerprint density at radius 1 is 1.16 bits per heavy atom. The van der Waals surface area contributed by atoms with Gasteiger partial charge in [-0.3, -0.25) is 9.48 Å². The lowest BCUT2D eigenvalue weighted by molar-refractivity contribution is -0.136. The number of fused-ring (bicyclic) bond motifs is 2. The number of ether oxygens (including phenoxy) is 1. The van der Waals surface area contributed by atoms with Gasteiger partial charge in [-0.25, -0.2) is 4.39 Å². The first-order valence-electron chi connectivity index (χ1n) is 10.7. The van der Waals surface area contributed by atoms with Gasteiger partial charge in [0.15, 0.2) is 11.6 Å². The zero-order chi connectivity index (χ0) is 22.2. The Morgan fingerprint density at radius 2 is 1.91 bits per heavy atom. The summed E-state index contributed by atoms with van der Waals surface area (Å²) in [6, 6.07) is 17.3. The number of rotatable bonds is 6. The molecule has 0 unspecified atom stereocenters. The molecule has 0 fully saturated rings. The summed E-state index contributed by atoms with van der Waals surface area (Å²) in [7, 11) is 1.88. The molecule has 0 spiro atoms. The van der Waals surface area contributed by atoms with Crippen molar-refractivity contribution in [2.24, 2.45) is 7.05 Å². The van der Waals surface area contributed by atoms with Crippen molar-refractivity contribution in [3.63, 3.8) is 0 Å². The smallest absolute Gasteiger partial charge is 0.303 e. The molecule has 5 rings (SSSR count). The van der Waals surface area contributed by atoms with Gasteiger partial charge < -0.3 is 9.84 Å². The molecule has 1 aliphatic rings. The van der Waals surface area contributed by atoms with Gasteiger partial charge in [0.2, 0.25) is 0 Å². The van der Waals surface area contributed by atoms with Crippen LogP contribution in [0, 0.1) is 5.82 Å². The third kappa shape index (κ3) is 3.84. The van der Waals surface area contributed by atoms with Crippen molar-refractivity contribution in [2.75, 3.05) is 0 Å². The lowest BCUT2D eigenvalue weighted by Gasteiger charge is -2.19. The average Bonchev–Trinajstić information content (AvgIpc) is 3.36. The number of aliphatic carboxylic acids is 1. The highest BCUT2D eigenvalue weighted by molar-refractivity contribution is 5.86. The van der Waals surface area contributed by atoms with Crippen LogP contribution in [-0.4, -0.2) is 27.0 Å². The topological polar surface area (TPSA) is 64.4 Å². The number of benzene rings is 3. The van der Waals surface area contributed by atoms with Crippen LogP contribution < -0.4 is 4.74 Å². The molecule has 4 aromatic rings. The maximum atomic E-state index is 15.3. The standard InChI is InChI=1S/C26H23FN2O3/c1-29-24-8-7-19(12-20(24)15-28-29)22-10-16(6-9-25(30)31)11-23(27)26(22)32-21-13-17-4-2-3-5-18(17)14-21/h2-5,7-8,10-12,15,21H,6,9,13-14H2,1H3,(H,30,31). The van der Waals surface area contributed by atoms with Crippen LogP contribution in [0.1, 0.15) is 23.1 Å². The highest BCUT2D eigenvalue weighted by Crippen LogP contribution is 2.38. The van der Waals surface area contributed by atoms with Crippen molar-refractivity contribution in [3.05, 3.63) is 83.3 Å². The first-order chi connectivity index (χ1) is 15.5. The lowest BCUT2D eigenvalue weighted by Crippen LogP contribution is -2.18. The molecule has 1 heterocycles. The normalized spacial score (nSPS) is 13.4. The van der Waals surface area contributed by atoms with E-state index in [1.54, 1.807) is 10.9 Å². The second kappa shape index (κ2) is 8.11. The van der Waals surface area contributed by atoms with Crippen LogP contribution in [0.5, 0.6) is 5.75 Å². The predicted octanol–water partition coefficient (Wildman–Crippen LogP) is 4.94. The van der Waals surface area contributed by atoms with Crippen molar-refractivity contribution >= 4 is 16.9 Å². The minimum absolute atomic E-state index is 0.0569. The summed E-state index contributed by atoms with van der Waals surface area (Å²) < 4.78 is 23.4. The summed E-state index contributed by atoms with van der Waals surface area (Å²) in [6.07, 6.45) is 3.29. The van der Waals surface area contributed by atoms with E-state index in [0.717, 1.165) is 29.3 Å². The molecule has 6 heteroatoms. The molecule has 0 bridgehead atoms. The quantitative estimate of drug-likeness (QED) is 0.471. The van der Waals surface area contributed by atoms with E-state index in [1.807, 2.05) is 43.4 Å². The van der Waals surface area contributed by atoms with Crippen molar-refractivity contribution in [3.8, 4) is 16.9 Å². The Kier molecular flexibility index (Phi) is 5.13. The molecule has 1 aromatic heterocycles. The Labute approximate surface area is 185 Å². The molecule has 32 heavy (non-hydrogen) atoms. The third-order valence-corrected chi connectivity index (χ3v) is 6.09. The van der Waals surface area contributed by atoms with Crippen LogP contribution in [0.2, 0.25) is 0 Å². The maximum absolute atomic E-state index is 15.3. The van der Waals surface area contributed by atoms with E-state index in [1.165, 1.54) is 17.2 Å². The molecule has 162 valence electrons.